The van der Waals surface area contributed by atoms with E-state index in [1.165, 1.54) is 71.1 Å². The van der Waals surface area contributed by atoms with Gasteiger partial charge in [0.15, 0.2) is 0 Å². The molecule has 3 rings (SSSR count). The van der Waals surface area contributed by atoms with Gasteiger partial charge < -0.3 is 0 Å². The first-order valence-electron chi connectivity index (χ1n) is 7.85. The third kappa shape index (κ3) is 2.85. The molecule has 0 spiro atoms. The minimum Gasteiger partial charge on any atom is -0.299 e. The van der Waals surface area contributed by atoms with Gasteiger partial charge in [0.25, 0.3) is 0 Å². The molecule has 0 aromatic rings. The summed E-state index contributed by atoms with van der Waals surface area (Å²) in [5, 5.41) is 0. The van der Waals surface area contributed by atoms with Gasteiger partial charge in [0.1, 0.15) is 0 Å². The van der Waals surface area contributed by atoms with Gasteiger partial charge in [0, 0.05) is 18.6 Å². The van der Waals surface area contributed by atoms with Crippen molar-refractivity contribution < 1.29 is 0 Å². The highest BCUT2D eigenvalue weighted by atomic mass is 15.3. The van der Waals surface area contributed by atoms with E-state index in [1.54, 1.807) is 0 Å². The summed E-state index contributed by atoms with van der Waals surface area (Å²) >= 11 is 0. The number of hydrogen-bond donors (Lipinski definition) is 0. The van der Waals surface area contributed by atoms with Gasteiger partial charge in [-0.1, -0.05) is 19.8 Å². The summed E-state index contributed by atoms with van der Waals surface area (Å²) in [6, 6.07) is 1.79. The molecule has 2 heterocycles. The van der Waals surface area contributed by atoms with Crippen LogP contribution in [0.4, 0.5) is 0 Å². The lowest BCUT2D eigenvalue weighted by Gasteiger charge is -2.32. The molecule has 3 fully saturated rings. The van der Waals surface area contributed by atoms with Gasteiger partial charge in [-0.2, -0.15) is 0 Å². The predicted octanol–water partition coefficient (Wildman–Crippen LogP) is 2.74. The van der Waals surface area contributed by atoms with Crippen molar-refractivity contribution in [2.75, 3.05) is 26.2 Å². The average molecular weight is 236 g/mol. The van der Waals surface area contributed by atoms with Crippen molar-refractivity contribution >= 4 is 0 Å². The first kappa shape index (κ1) is 12.0. The summed E-state index contributed by atoms with van der Waals surface area (Å²) in [5.74, 6) is 1.09. The smallest absolute Gasteiger partial charge is 0.0223 e. The van der Waals surface area contributed by atoms with Gasteiger partial charge in [0.05, 0.1) is 0 Å². The predicted molar refractivity (Wildman–Crippen MR) is 72.2 cm³/mol. The highest BCUT2D eigenvalue weighted by Gasteiger charge is 2.33. The third-order valence-electron chi connectivity index (χ3n) is 5.12. The van der Waals surface area contributed by atoms with E-state index >= 15 is 0 Å². The minimum atomic E-state index is 0.892. The van der Waals surface area contributed by atoms with Gasteiger partial charge in [-0.05, 0) is 57.7 Å². The van der Waals surface area contributed by atoms with Gasteiger partial charge in [-0.3, -0.25) is 9.80 Å². The molecule has 0 aromatic carbocycles. The summed E-state index contributed by atoms with van der Waals surface area (Å²) in [6.07, 6.45) is 10.2. The molecule has 0 amide bonds. The maximum Gasteiger partial charge on any atom is 0.0223 e. The van der Waals surface area contributed by atoms with Crippen LogP contribution < -0.4 is 0 Å². The van der Waals surface area contributed by atoms with Gasteiger partial charge in [0.2, 0.25) is 0 Å². The maximum absolute atomic E-state index is 2.84. The summed E-state index contributed by atoms with van der Waals surface area (Å²) < 4.78 is 0. The number of nitrogens with zero attached hydrogens (tertiary/aromatic N) is 2. The molecule has 1 saturated carbocycles. The Morgan fingerprint density at radius 1 is 1.06 bits per heavy atom. The SMILES string of the molecule is CCC(CC1CC1)N1CCCN2CCCC2C1. The fourth-order valence-corrected chi connectivity index (χ4v) is 3.88. The van der Waals surface area contributed by atoms with Crippen molar-refractivity contribution in [1.29, 1.82) is 0 Å². The standard InChI is InChI=1S/C15H28N2/c1-2-14(11-13-6-7-13)17-10-4-9-16-8-3-5-15(16)12-17/h13-15H,2-12H2,1H3. The van der Waals surface area contributed by atoms with Crippen LogP contribution in [0.5, 0.6) is 0 Å². The average Bonchev–Trinajstić information content (AvgIpc) is 3.10. The van der Waals surface area contributed by atoms with Crippen molar-refractivity contribution in [2.24, 2.45) is 5.92 Å². The van der Waals surface area contributed by atoms with Crippen LogP contribution >= 0.6 is 0 Å². The van der Waals surface area contributed by atoms with E-state index in [4.69, 9.17) is 0 Å². The van der Waals surface area contributed by atoms with E-state index in [1.807, 2.05) is 0 Å². The summed E-state index contributed by atoms with van der Waals surface area (Å²) in [6.45, 7) is 7.85. The molecule has 2 unspecified atom stereocenters. The lowest BCUT2D eigenvalue weighted by molar-refractivity contribution is 0.157. The molecule has 0 aromatic heterocycles. The Labute approximate surface area is 106 Å². The van der Waals surface area contributed by atoms with E-state index in [0.29, 0.717) is 0 Å². The summed E-state index contributed by atoms with van der Waals surface area (Å²) in [7, 11) is 0. The quantitative estimate of drug-likeness (QED) is 0.740. The zero-order valence-electron chi connectivity index (χ0n) is 11.4. The zero-order valence-corrected chi connectivity index (χ0v) is 11.4. The molecular weight excluding hydrogens is 208 g/mol. The Balaban J connectivity index is 1.59. The Morgan fingerprint density at radius 2 is 1.88 bits per heavy atom. The Kier molecular flexibility index (Phi) is 3.72. The summed E-state index contributed by atoms with van der Waals surface area (Å²) in [4.78, 5) is 5.60. The lowest BCUT2D eigenvalue weighted by atomic mass is 10.0. The normalized spacial score (nSPS) is 33.4. The molecular formula is C15H28N2. The molecule has 1 aliphatic carbocycles. The molecule has 98 valence electrons. The molecule has 3 aliphatic rings. The minimum absolute atomic E-state index is 0.892. The van der Waals surface area contributed by atoms with Gasteiger partial charge >= 0.3 is 0 Å². The van der Waals surface area contributed by atoms with Crippen LogP contribution in [0.2, 0.25) is 0 Å². The van der Waals surface area contributed by atoms with Gasteiger partial charge in [-0.25, -0.2) is 0 Å². The monoisotopic (exact) mass is 236 g/mol. The van der Waals surface area contributed by atoms with Crippen LogP contribution in [0.25, 0.3) is 0 Å². The van der Waals surface area contributed by atoms with Crippen LogP contribution in [-0.2, 0) is 0 Å². The molecule has 2 heteroatoms. The van der Waals surface area contributed by atoms with E-state index in [-0.39, 0.29) is 0 Å². The number of fused-ring (bicyclic) bond motifs is 1. The van der Waals surface area contributed by atoms with Crippen LogP contribution in [0.3, 0.4) is 0 Å². The van der Waals surface area contributed by atoms with Gasteiger partial charge in [-0.15, -0.1) is 0 Å². The fraction of sp³-hybridized carbons (Fsp3) is 1.00. The largest absolute Gasteiger partial charge is 0.299 e. The van der Waals surface area contributed by atoms with E-state index in [2.05, 4.69) is 16.7 Å². The zero-order chi connectivity index (χ0) is 11.7. The Hall–Kier alpha value is -0.0800. The summed E-state index contributed by atoms with van der Waals surface area (Å²) in [5.41, 5.74) is 0. The van der Waals surface area contributed by atoms with E-state index < -0.39 is 0 Å². The lowest BCUT2D eigenvalue weighted by Crippen LogP contribution is -2.42. The van der Waals surface area contributed by atoms with Crippen LogP contribution in [0, 0.1) is 5.92 Å². The Morgan fingerprint density at radius 3 is 2.65 bits per heavy atom. The fourth-order valence-electron chi connectivity index (χ4n) is 3.88. The third-order valence-corrected chi connectivity index (χ3v) is 5.12. The highest BCUT2D eigenvalue weighted by Crippen LogP contribution is 2.36. The van der Waals surface area contributed by atoms with Crippen LogP contribution in [0.1, 0.15) is 51.9 Å². The molecule has 17 heavy (non-hydrogen) atoms. The Bertz CT molecular complexity index is 249. The highest BCUT2D eigenvalue weighted by molar-refractivity contribution is 4.89. The molecule has 0 bridgehead atoms. The second-order valence-electron chi connectivity index (χ2n) is 6.42. The van der Waals surface area contributed by atoms with Crippen molar-refractivity contribution in [3.05, 3.63) is 0 Å². The topological polar surface area (TPSA) is 6.48 Å². The molecule has 2 saturated heterocycles. The first-order chi connectivity index (χ1) is 8.36. The second kappa shape index (κ2) is 5.27. The van der Waals surface area contributed by atoms with E-state index in [9.17, 15) is 0 Å². The molecule has 0 radical (unpaired) electrons. The number of hydrogen-bond acceptors (Lipinski definition) is 2. The van der Waals surface area contributed by atoms with Crippen molar-refractivity contribution in [1.82, 2.24) is 9.80 Å². The second-order valence-corrected chi connectivity index (χ2v) is 6.42. The molecule has 2 nitrogen and oxygen atoms in total. The van der Waals surface area contributed by atoms with Crippen LogP contribution in [-0.4, -0.2) is 48.1 Å². The molecule has 2 atom stereocenters. The molecule has 0 N–H and O–H groups in total. The number of rotatable bonds is 4. The van der Waals surface area contributed by atoms with Crippen molar-refractivity contribution in [3.63, 3.8) is 0 Å². The van der Waals surface area contributed by atoms with Crippen molar-refractivity contribution in [2.45, 2.75) is 64.0 Å². The van der Waals surface area contributed by atoms with Crippen molar-refractivity contribution in [3.8, 4) is 0 Å². The van der Waals surface area contributed by atoms with E-state index in [0.717, 1.165) is 18.0 Å². The van der Waals surface area contributed by atoms with Crippen LogP contribution in [0.15, 0.2) is 0 Å². The maximum atomic E-state index is 2.84. The molecule has 2 aliphatic heterocycles. The first-order valence-corrected chi connectivity index (χ1v) is 7.85.